The van der Waals surface area contributed by atoms with Gasteiger partial charge in [-0.05, 0) is 37.1 Å². The van der Waals surface area contributed by atoms with E-state index < -0.39 is 4.92 Å². The Bertz CT molecular complexity index is 698. The molecule has 0 aromatic heterocycles. The van der Waals surface area contributed by atoms with Crippen molar-refractivity contribution in [2.45, 2.75) is 20.3 Å². The summed E-state index contributed by atoms with van der Waals surface area (Å²) in [5, 5.41) is 10.9. The van der Waals surface area contributed by atoms with Gasteiger partial charge in [-0.15, -0.1) is 0 Å². The molecule has 114 valence electrons. The van der Waals surface area contributed by atoms with E-state index in [1.165, 1.54) is 18.2 Å². The molecular formula is C17H18N2O3. The summed E-state index contributed by atoms with van der Waals surface area (Å²) >= 11 is 0. The second kappa shape index (κ2) is 6.85. The van der Waals surface area contributed by atoms with Gasteiger partial charge < -0.3 is 4.90 Å². The van der Waals surface area contributed by atoms with Crippen LogP contribution in [0.5, 0.6) is 0 Å². The average molecular weight is 298 g/mol. The minimum atomic E-state index is -0.492. The number of non-ortho nitro benzene ring substituents is 1. The standard InChI is InChI=1S/C17H18N2O3/c1-3-10-18(15-8-4-6-13(2)11-15)17(20)14-7-5-9-16(12-14)19(21)22/h4-9,11-12H,3,10H2,1-2H3. The Labute approximate surface area is 129 Å². The molecule has 2 rings (SSSR count). The number of benzene rings is 2. The number of rotatable bonds is 5. The van der Waals surface area contributed by atoms with Gasteiger partial charge >= 0.3 is 0 Å². The Hall–Kier alpha value is -2.69. The van der Waals surface area contributed by atoms with E-state index in [0.29, 0.717) is 12.1 Å². The third-order valence-electron chi connectivity index (χ3n) is 3.31. The summed E-state index contributed by atoms with van der Waals surface area (Å²) in [5.41, 5.74) is 2.11. The highest BCUT2D eigenvalue weighted by molar-refractivity contribution is 6.06. The molecule has 0 saturated carbocycles. The molecule has 0 saturated heterocycles. The molecule has 0 bridgehead atoms. The molecule has 1 amide bonds. The summed E-state index contributed by atoms with van der Waals surface area (Å²) in [7, 11) is 0. The van der Waals surface area contributed by atoms with E-state index in [9.17, 15) is 14.9 Å². The van der Waals surface area contributed by atoms with Gasteiger partial charge in [-0.3, -0.25) is 14.9 Å². The van der Waals surface area contributed by atoms with E-state index in [-0.39, 0.29) is 11.6 Å². The molecule has 0 N–H and O–H groups in total. The molecule has 22 heavy (non-hydrogen) atoms. The first-order valence-corrected chi connectivity index (χ1v) is 7.16. The lowest BCUT2D eigenvalue weighted by Crippen LogP contribution is -2.31. The number of hydrogen-bond acceptors (Lipinski definition) is 3. The van der Waals surface area contributed by atoms with Crippen molar-refractivity contribution in [2.24, 2.45) is 0 Å². The maximum absolute atomic E-state index is 12.7. The summed E-state index contributed by atoms with van der Waals surface area (Å²) in [6.45, 7) is 4.51. The molecule has 0 heterocycles. The fraction of sp³-hybridized carbons (Fsp3) is 0.235. The molecule has 2 aromatic rings. The molecule has 0 aliphatic heterocycles. The van der Waals surface area contributed by atoms with Crippen molar-refractivity contribution in [1.29, 1.82) is 0 Å². The minimum absolute atomic E-state index is 0.0773. The lowest BCUT2D eigenvalue weighted by atomic mass is 10.1. The fourth-order valence-corrected chi connectivity index (χ4v) is 2.28. The van der Waals surface area contributed by atoms with E-state index in [1.54, 1.807) is 11.0 Å². The van der Waals surface area contributed by atoms with E-state index in [1.807, 2.05) is 38.1 Å². The van der Waals surface area contributed by atoms with Gasteiger partial charge in [0.1, 0.15) is 0 Å². The van der Waals surface area contributed by atoms with Crippen LogP contribution in [0.3, 0.4) is 0 Å². The molecule has 0 unspecified atom stereocenters. The number of amides is 1. The summed E-state index contributed by atoms with van der Waals surface area (Å²) in [4.78, 5) is 24.8. The number of nitro groups is 1. The van der Waals surface area contributed by atoms with Gasteiger partial charge in [0.15, 0.2) is 0 Å². The van der Waals surface area contributed by atoms with Crippen LogP contribution in [0.4, 0.5) is 11.4 Å². The number of carbonyl (C=O) groups excluding carboxylic acids is 1. The van der Waals surface area contributed by atoms with Crippen molar-refractivity contribution < 1.29 is 9.72 Å². The van der Waals surface area contributed by atoms with Crippen molar-refractivity contribution in [3.8, 4) is 0 Å². The van der Waals surface area contributed by atoms with Crippen LogP contribution in [0, 0.1) is 17.0 Å². The molecule has 2 aromatic carbocycles. The van der Waals surface area contributed by atoms with Crippen LogP contribution in [0.15, 0.2) is 48.5 Å². The first-order chi connectivity index (χ1) is 10.5. The van der Waals surface area contributed by atoms with Crippen molar-refractivity contribution in [1.82, 2.24) is 0 Å². The third-order valence-corrected chi connectivity index (χ3v) is 3.31. The SMILES string of the molecule is CCCN(C(=O)c1cccc([N+](=O)[O-])c1)c1cccc(C)c1. The summed E-state index contributed by atoms with van der Waals surface area (Å²) < 4.78 is 0. The van der Waals surface area contributed by atoms with Crippen LogP contribution in [0.2, 0.25) is 0 Å². The molecule has 5 heteroatoms. The van der Waals surface area contributed by atoms with Crippen molar-refractivity contribution in [2.75, 3.05) is 11.4 Å². The number of hydrogen-bond donors (Lipinski definition) is 0. The fourth-order valence-electron chi connectivity index (χ4n) is 2.28. The maximum atomic E-state index is 12.7. The summed E-state index contributed by atoms with van der Waals surface area (Å²) in [6, 6.07) is 13.5. The minimum Gasteiger partial charge on any atom is -0.308 e. The largest absolute Gasteiger partial charge is 0.308 e. The Kier molecular flexibility index (Phi) is 4.88. The lowest BCUT2D eigenvalue weighted by Gasteiger charge is -2.22. The number of nitrogens with zero attached hydrogens (tertiary/aromatic N) is 2. The lowest BCUT2D eigenvalue weighted by molar-refractivity contribution is -0.384. The predicted molar refractivity (Wildman–Crippen MR) is 86.2 cm³/mol. The zero-order valence-electron chi connectivity index (χ0n) is 12.7. The van der Waals surface area contributed by atoms with Crippen LogP contribution in [0.25, 0.3) is 0 Å². The van der Waals surface area contributed by atoms with Crippen molar-refractivity contribution >= 4 is 17.3 Å². The Balaban J connectivity index is 2.38. The van der Waals surface area contributed by atoms with E-state index >= 15 is 0 Å². The molecule has 0 radical (unpaired) electrons. The van der Waals surface area contributed by atoms with Gasteiger partial charge in [0.05, 0.1) is 4.92 Å². The number of anilines is 1. The molecule has 0 aliphatic rings. The van der Waals surface area contributed by atoms with Crippen LogP contribution in [-0.2, 0) is 0 Å². The van der Waals surface area contributed by atoms with Gasteiger partial charge in [-0.1, -0.05) is 25.1 Å². The van der Waals surface area contributed by atoms with Crippen LogP contribution in [0.1, 0.15) is 29.3 Å². The summed E-state index contributed by atoms with van der Waals surface area (Å²) in [5.74, 6) is -0.226. The number of carbonyl (C=O) groups is 1. The first-order valence-electron chi connectivity index (χ1n) is 7.16. The zero-order valence-corrected chi connectivity index (χ0v) is 12.7. The molecule has 0 atom stereocenters. The van der Waals surface area contributed by atoms with Gasteiger partial charge in [0.25, 0.3) is 11.6 Å². The third kappa shape index (κ3) is 3.49. The zero-order chi connectivity index (χ0) is 16.1. The van der Waals surface area contributed by atoms with Gasteiger partial charge in [0.2, 0.25) is 0 Å². The maximum Gasteiger partial charge on any atom is 0.270 e. The van der Waals surface area contributed by atoms with Gasteiger partial charge in [0, 0.05) is 29.9 Å². The monoisotopic (exact) mass is 298 g/mol. The van der Waals surface area contributed by atoms with Crippen molar-refractivity contribution in [3.63, 3.8) is 0 Å². The van der Waals surface area contributed by atoms with Gasteiger partial charge in [-0.25, -0.2) is 0 Å². The smallest absolute Gasteiger partial charge is 0.270 e. The summed E-state index contributed by atoms with van der Waals surface area (Å²) in [6.07, 6.45) is 0.800. The normalized spacial score (nSPS) is 10.3. The van der Waals surface area contributed by atoms with Crippen LogP contribution >= 0.6 is 0 Å². The van der Waals surface area contributed by atoms with E-state index in [2.05, 4.69) is 0 Å². The molecule has 0 spiro atoms. The van der Waals surface area contributed by atoms with Crippen molar-refractivity contribution in [3.05, 3.63) is 69.8 Å². The van der Waals surface area contributed by atoms with Crippen LogP contribution < -0.4 is 4.90 Å². The molecule has 0 fully saturated rings. The van der Waals surface area contributed by atoms with Gasteiger partial charge in [-0.2, -0.15) is 0 Å². The highest BCUT2D eigenvalue weighted by atomic mass is 16.6. The first kappa shape index (κ1) is 15.7. The Morgan fingerprint density at radius 2 is 1.91 bits per heavy atom. The number of aryl methyl sites for hydroxylation is 1. The predicted octanol–water partition coefficient (Wildman–Crippen LogP) is 3.96. The highest BCUT2D eigenvalue weighted by Crippen LogP contribution is 2.21. The molecular weight excluding hydrogens is 280 g/mol. The molecule has 5 nitrogen and oxygen atoms in total. The second-order valence-corrected chi connectivity index (χ2v) is 5.10. The second-order valence-electron chi connectivity index (χ2n) is 5.10. The van der Waals surface area contributed by atoms with E-state index in [0.717, 1.165) is 17.7 Å². The van der Waals surface area contributed by atoms with Crippen LogP contribution in [-0.4, -0.2) is 17.4 Å². The quantitative estimate of drug-likeness (QED) is 0.620. The average Bonchev–Trinajstić information content (AvgIpc) is 2.52. The Morgan fingerprint density at radius 3 is 2.55 bits per heavy atom. The molecule has 0 aliphatic carbocycles. The number of nitro benzene ring substituents is 1. The Morgan fingerprint density at radius 1 is 1.18 bits per heavy atom. The van der Waals surface area contributed by atoms with E-state index in [4.69, 9.17) is 0 Å². The highest BCUT2D eigenvalue weighted by Gasteiger charge is 2.19. The topological polar surface area (TPSA) is 63.5 Å².